The van der Waals surface area contributed by atoms with Crippen LogP contribution in [0.1, 0.15) is 25.3 Å². The monoisotopic (exact) mass is 174 g/mol. The molecule has 0 N–H and O–H groups in total. The predicted molar refractivity (Wildman–Crippen MR) is 54.0 cm³/mol. The molecule has 2 heteroatoms. The summed E-state index contributed by atoms with van der Waals surface area (Å²) in [7, 11) is 0. The zero-order valence-electron chi connectivity index (χ0n) is 7.90. The van der Waals surface area contributed by atoms with Crippen molar-refractivity contribution in [1.82, 2.24) is 4.98 Å². The number of nitrogens with zero attached hydrogens (tertiary/aromatic N) is 2. The molecule has 0 saturated carbocycles. The smallest absolute Gasteiger partial charge is 0.0436 e. The Labute approximate surface area is 78.7 Å². The molecule has 0 bridgehead atoms. The van der Waals surface area contributed by atoms with Crippen LogP contribution in [0.4, 0.5) is 0 Å². The average molecular weight is 174 g/mol. The van der Waals surface area contributed by atoms with Crippen molar-refractivity contribution in [3.8, 4) is 0 Å². The van der Waals surface area contributed by atoms with Gasteiger partial charge in [0.1, 0.15) is 0 Å². The second-order valence-corrected chi connectivity index (χ2v) is 3.67. The SMILES string of the molecule is CC1CCC(c2cccnc2)=NC1. The minimum Gasteiger partial charge on any atom is -0.289 e. The highest BCUT2D eigenvalue weighted by Gasteiger charge is 2.12. The second-order valence-electron chi connectivity index (χ2n) is 3.67. The molecule has 1 atom stereocenters. The molecule has 0 amide bonds. The quantitative estimate of drug-likeness (QED) is 0.641. The molecule has 0 fully saturated rings. The van der Waals surface area contributed by atoms with Crippen molar-refractivity contribution in [1.29, 1.82) is 0 Å². The van der Waals surface area contributed by atoms with Crippen LogP contribution in [0.5, 0.6) is 0 Å². The van der Waals surface area contributed by atoms with E-state index >= 15 is 0 Å². The molecule has 2 nitrogen and oxygen atoms in total. The molecule has 2 heterocycles. The van der Waals surface area contributed by atoms with Gasteiger partial charge in [0.15, 0.2) is 0 Å². The maximum atomic E-state index is 4.56. The number of aliphatic imine (C=N–C) groups is 1. The normalized spacial score (nSPS) is 22.5. The van der Waals surface area contributed by atoms with Crippen molar-refractivity contribution >= 4 is 5.71 Å². The molecule has 0 spiro atoms. The van der Waals surface area contributed by atoms with E-state index in [9.17, 15) is 0 Å². The van der Waals surface area contributed by atoms with Crippen molar-refractivity contribution in [2.45, 2.75) is 19.8 Å². The second kappa shape index (κ2) is 3.69. The highest BCUT2D eigenvalue weighted by Crippen LogP contribution is 2.16. The van der Waals surface area contributed by atoms with Crippen LogP contribution in [0, 0.1) is 5.92 Å². The first-order chi connectivity index (χ1) is 6.36. The van der Waals surface area contributed by atoms with E-state index < -0.39 is 0 Å². The van der Waals surface area contributed by atoms with Crippen molar-refractivity contribution in [3.05, 3.63) is 30.1 Å². The van der Waals surface area contributed by atoms with Gasteiger partial charge in [0.25, 0.3) is 0 Å². The van der Waals surface area contributed by atoms with Crippen LogP contribution in [0.2, 0.25) is 0 Å². The van der Waals surface area contributed by atoms with Gasteiger partial charge in [-0.3, -0.25) is 9.98 Å². The molecule has 0 aromatic carbocycles. The molecule has 68 valence electrons. The summed E-state index contributed by atoms with van der Waals surface area (Å²) in [6.07, 6.45) is 6.06. The fourth-order valence-electron chi connectivity index (χ4n) is 1.59. The number of rotatable bonds is 1. The Morgan fingerprint density at radius 2 is 2.38 bits per heavy atom. The van der Waals surface area contributed by atoms with E-state index in [0.717, 1.165) is 18.9 Å². The predicted octanol–water partition coefficient (Wildman–Crippen LogP) is 2.30. The van der Waals surface area contributed by atoms with Gasteiger partial charge >= 0.3 is 0 Å². The van der Waals surface area contributed by atoms with E-state index in [0.29, 0.717) is 0 Å². The van der Waals surface area contributed by atoms with E-state index in [-0.39, 0.29) is 0 Å². The molecule has 0 aliphatic carbocycles. The third kappa shape index (κ3) is 1.94. The molecule has 13 heavy (non-hydrogen) atoms. The van der Waals surface area contributed by atoms with E-state index in [1.165, 1.54) is 17.7 Å². The minimum atomic E-state index is 0.750. The Morgan fingerprint density at radius 1 is 1.46 bits per heavy atom. The zero-order chi connectivity index (χ0) is 9.10. The van der Waals surface area contributed by atoms with Crippen LogP contribution < -0.4 is 0 Å². The summed E-state index contributed by atoms with van der Waals surface area (Å²) >= 11 is 0. The molecule has 0 saturated heterocycles. The van der Waals surface area contributed by atoms with Crippen LogP contribution in [-0.4, -0.2) is 17.2 Å². The molecule has 1 aromatic rings. The lowest BCUT2D eigenvalue weighted by Gasteiger charge is -2.16. The Kier molecular flexibility index (Phi) is 2.39. The van der Waals surface area contributed by atoms with Crippen LogP contribution in [-0.2, 0) is 0 Å². The molecule has 1 aromatic heterocycles. The molecule has 1 unspecified atom stereocenters. The standard InChI is InChI=1S/C11H14N2/c1-9-4-5-11(13-7-9)10-3-2-6-12-8-10/h2-3,6,8-9H,4-5,7H2,1H3. The number of hydrogen-bond acceptors (Lipinski definition) is 2. The van der Waals surface area contributed by atoms with Gasteiger partial charge in [-0.2, -0.15) is 0 Å². The van der Waals surface area contributed by atoms with E-state index in [1.54, 1.807) is 6.20 Å². The van der Waals surface area contributed by atoms with Crippen molar-refractivity contribution in [2.75, 3.05) is 6.54 Å². The maximum absolute atomic E-state index is 4.56. The van der Waals surface area contributed by atoms with Gasteiger partial charge in [-0.1, -0.05) is 13.0 Å². The van der Waals surface area contributed by atoms with Gasteiger partial charge in [0.2, 0.25) is 0 Å². The van der Waals surface area contributed by atoms with Crippen LogP contribution in [0.25, 0.3) is 0 Å². The first kappa shape index (κ1) is 8.42. The molecule has 0 radical (unpaired) electrons. The number of hydrogen-bond donors (Lipinski definition) is 0. The van der Waals surface area contributed by atoms with Gasteiger partial charge in [0, 0.05) is 30.2 Å². The van der Waals surface area contributed by atoms with Gasteiger partial charge < -0.3 is 0 Å². The first-order valence-corrected chi connectivity index (χ1v) is 4.80. The molecule has 1 aliphatic heterocycles. The van der Waals surface area contributed by atoms with E-state index in [4.69, 9.17) is 0 Å². The first-order valence-electron chi connectivity index (χ1n) is 4.80. The highest BCUT2D eigenvalue weighted by molar-refractivity contribution is 6.00. The third-order valence-corrected chi connectivity index (χ3v) is 2.46. The average Bonchev–Trinajstić information content (AvgIpc) is 2.20. The topological polar surface area (TPSA) is 25.2 Å². The van der Waals surface area contributed by atoms with Gasteiger partial charge in [-0.15, -0.1) is 0 Å². The summed E-state index contributed by atoms with van der Waals surface area (Å²) in [4.78, 5) is 8.66. The van der Waals surface area contributed by atoms with E-state index in [1.807, 2.05) is 12.3 Å². The summed E-state index contributed by atoms with van der Waals surface area (Å²) in [5.41, 5.74) is 2.42. The molecule has 1 aliphatic rings. The third-order valence-electron chi connectivity index (χ3n) is 2.46. The van der Waals surface area contributed by atoms with Crippen molar-refractivity contribution in [2.24, 2.45) is 10.9 Å². The fraction of sp³-hybridized carbons (Fsp3) is 0.455. The summed E-state index contributed by atoms with van der Waals surface area (Å²) < 4.78 is 0. The van der Waals surface area contributed by atoms with E-state index in [2.05, 4.69) is 23.0 Å². The molecular weight excluding hydrogens is 160 g/mol. The lowest BCUT2D eigenvalue weighted by molar-refractivity contribution is 0.538. The van der Waals surface area contributed by atoms with Crippen molar-refractivity contribution in [3.63, 3.8) is 0 Å². The minimum absolute atomic E-state index is 0.750. The Balaban J connectivity index is 2.19. The summed E-state index contributed by atoms with van der Waals surface area (Å²) in [5.74, 6) is 0.750. The van der Waals surface area contributed by atoms with Crippen LogP contribution >= 0.6 is 0 Å². The zero-order valence-corrected chi connectivity index (χ0v) is 7.90. The largest absolute Gasteiger partial charge is 0.289 e. The maximum Gasteiger partial charge on any atom is 0.0436 e. The fourth-order valence-corrected chi connectivity index (χ4v) is 1.59. The van der Waals surface area contributed by atoms with Gasteiger partial charge in [0.05, 0.1) is 0 Å². The lowest BCUT2D eigenvalue weighted by atomic mass is 9.97. The van der Waals surface area contributed by atoms with Gasteiger partial charge in [-0.25, -0.2) is 0 Å². The molecular formula is C11H14N2. The summed E-state index contributed by atoms with van der Waals surface area (Å²) in [6.45, 7) is 3.23. The Morgan fingerprint density at radius 3 is 3.00 bits per heavy atom. The number of pyridine rings is 1. The Hall–Kier alpha value is -1.18. The summed E-state index contributed by atoms with van der Waals surface area (Å²) in [5, 5.41) is 0. The highest BCUT2D eigenvalue weighted by atomic mass is 14.8. The van der Waals surface area contributed by atoms with Crippen LogP contribution in [0.15, 0.2) is 29.5 Å². The summed E-state index contributed by atoms with van der Waals surface area (Å²) in [6, 6.07) is 4.05. The van der Waals surface area contributed by atoms with Gasteiger partial charge in [-0.05, 0) is 24.8 Å². The van der Waals surface area contributed by atoms with Crippen molar-refractivity contribution < 1.29 is 0 Å². The number of aromatic nitrogens is 1. The van der Waals surface area contributed by atoms with Crippen LogP contribution in [0.3, 0.4) is 0 Å². The molecule has 2 rings (SSSR count). The Bertz CT molecular complexity index is 303. The lowest BCUT2D eigenvalue weighted by Crippen LogP contribution is -2.14.